The van der Waals surface area contributed by atoms with Crippen LogP contribution in [0, 0.1) is 11.8 Å². The highest BCUT2D eigenvalue weighted by Crippen LogP contribution is 2.23. The highest BCUT2D eigenvalue weighted by molar-refractivity contribution is 4.73. The average Bonchev–Trinajstić information content (AvgIpc) is 2.19. The molecule has 1 aliphatic rings. The average molecular weight is 227 g/mol. The summed E-state index contributed by atoms with van der Waals surface area (Å²) >= 11 is 0. The number of ether oxygens (including phenoxy) is 1. The van der Waals surface area contributed by atoms with Crippen LogP contribution in [-0.4, -0.2) is 37.2 Å². The summed E-state index contributed by atoms with van der Waals surface area (Å²) in [5.74, 6) is 1.84. The number of hydrogen-bond donors (Lipinski definition) is 0. The van der Waals surface area contributed by atoms with Gasteiger partial charge in [0.1, 0.15) is 0 Å². The molecule has 1 fully saturated rings. The fourth-order valence-electron chi connectivity index (χ4n) is 2.53. The Morgan fingerprint density at radius 1 is 1.12 bits per heavy atom. The summed E-state index contributed by atoms with van der Waals surface area (Å²) in [5.41, 5.74) is 0. The molecule has 0 spiro atoms. The summed E-state index contributed by atoms with van der Waals surface area (Å²) in [6.07, 6.45) is 4.56. The Morgan fingerprint density at radius 2 is 1.75 bits per heavy atom. The maximum atomic E-state index is 5.59. The topological polar surface area (TPSA) is 12.5 Å². The Labute approximate surface area is 101 Å². The molecule has 0 atom stereocenters. The van der Waals surface area contributed by atoms with Gasteiger partial charge in [-0.3, -0.25) is 0 Å². The highest BCUT2D eigenvalue weighted by atomic mass is 16.5. The first-order valence-corrected chi connectivity index (χ1v) is 6.92. The molecule has 16 heavy (non-hydrogen) atoms. The Hall–Kier alpha value is -0.0800. The van der Waals surface area contributed by atoms with E-state index in [9.17, 15) is 0 Å². The maximum absolute atomic E-state index is 5.59. The van der Waals surface area contributed by atoms with E-state index < -0.39 is 0 Å². The third kappa shape index (κ3) is 5.86. The van der Waals surface area contributed by atoms with E-state index in [0.717, 1.165) is 25.0 Å². The van der Waals surface area contributed by atoms with Gasteiger partial charge in [0.05, 0.1) is 12.7 Å². The van der Waals surface area contributed by atoms with Crippen LogP contribution in [0.1, 0.15) is 47.0 Å². The summed E-state index contributed by atoms with van der Waals surface area (Å²) in [6.45, 7) is 13.5. The third-order valence-electron chi connectivity index (χ3n) is 3.37. The Balaban J connectivity index is 2.07. The van der Waals surface area contributed by atoms with Gasteiger partial charge >= 0.3 is 0 Å². The lowest BCUT2D eigenvalue weighted by molar-refractivity contribution is 0.0497. The van der Waals surface area contributed by atoms with Crippen molar-refractivity contribution < 1.29 is 4.74 Å². The molecule has 0 aromatic carbocycles. The van der Waals surface area contributed by atoms with Gasteiger partial charge in [-0.25, -0.2) is 0 Å². The van der Waals surface area contributed by atoms with E-state index in [1.807, 2.05) is 0 Å². The molecule has 2 nitrogen and oxygen atoms in total. The largest absolute Gasteiger partial charge is 0.377 e. The molecule has 96 valence electrons. The van der Waals surface area contributed by atoms with Crippen LogP contribution >= 0.6 is 0 Å². The maximum Gasteiger partial charge on any atom is 0.0596 e. The predicted molar refractivity (Wildman–Crippen MR) is 69.7 cm³/mol. The van der Waals surface area contributed by atoms with Crippen LogP contribution in [0.25, 0.3) is 0 Å². The van der Waals surface area contributed by atoms with Crippen molar-refractivity contribution in [3.8, 4) is 0 Å². The molecule has 1 saturated heterocycles. The third-order valence-corrected chi connectivity index (χ3v) is 3.37. The fraction of sp³-hybridized carbons (Fsp3) is 1.00. The molecule has 0 aromatic heterocycles. The molecule has 0 N–H and O–H groups in total. The first-order chi connectivity index (χ1) is 7.58. The fourth-order valence-corrected chi connectivity index (χ4v) is 2.53. The van der Waals surface area contributed by atoms with Crippen molar-refractivity contribution in [2.45, 2.75) is 53.1 Å². The van der Waals surface area contributed by atoms with Crippen LogP contribution in [0.15, 0.2) is 0 Å². The molecule has 0 saturated carbocycles. The number of rotatable bonds is 6. The molecule has 1 aliphatic heterocycles. The summed E-state index contributed by atoms with van der Waals surface area (Å²) in [4.78, 5) is 2.55. The molecule has 0 radical (unpaired) electrons. The second-order valence-corrected chi connectivity index (χ2v) is 5.83. The predicted octanol–water partition coefficient (Wildman–Crippen LogP) is 3.17. The molecular weight excluding hydrogens is 198 g/mol. The molecule has 0 aliphatic carbocycles. The van der Waals surface area contributed by atoms with E-state index in [1.165, 1.54) is 32.4 Å². The van der Waals surface area contributed by atoms with E-state index in [1.54, 1.807) is 0 Å². The van der Waals surface area contributed by atoms with Crippen molar-refractivity contribution >= 4 is 0 Å². The SMILES string of the molecule is CC(C)CC1CCN(CCOC(C)C)CC1. The van der Waals surface area contributed by atoms with Crippen LogP contribution in [0.2, 0.25) is 0 Å². The molecule has 0 unspecified atom stereocenters. The number of piperidine rings is 1. The quantitative estimate of drug-likeness (QED) is 0.691. The van der Waals surface area contributed by atoms with Crippen molar-refractivity contribution in [2.75, 3.05) is 26.2 Å². The minimum atomic E-state index is 0.374. The number of likely N-dealkylation sites (tertiary alicyclic amines) is 1. The smallest absolute Gasteiger partial charge is 0.0596 e. The normalized spacial score (nSPS) is 19.9. The van der Waals surface area contributed by atoms with E-state index in [2.05, 4.69) is 32.6 Å². The first kappa shape index (κ1) is 14.0. The van der Waals surface area contributed by atoms with Gasteiger partial charge in [0, 0.05) is 6.54 Å². The second kappa shape index (κ2) is 7.29. The lowest BCUT2D eigenvalue weighted by Crippen LogP contribution is -2.36. The van der Waals surface area contributed by atoms with Crippen molar-refractivity contribution in [3.63, 3.8) is 0 Å². The lowest BCUT2D eigenvalue weighted by Gasteiger charge is -2.32. The highest BCUT2D eigenvalue weighted by Gasteiger charge is 2.19. The van der Waals surface area contributed by atoms with Gasteiger partial charge in [0.15, 0.2) is 0 Å². The first-order valence-electron chi connectivity index (χ1n) is 6.92. The van der Waals surface area contributed by atoms with E-state index >= 15 is 0 Å². The van der Waals surface area contributed by atoms with E-state index in [4.69, 9.17) is 4.74 Å². The molecule has 0 aromatic rings. The van der Waals surface area contributed by atoms with E-state index in [0.29, 0.717) is 6.10 Å². The van der Waals surface area contributed by atoms with E-state index in [-0.39, 0.29) is 0 Å². The summed E-state index contributed by atoms with van der Waals surface area (Å²) in [6, 6.07) is 0. The van der Waals surface area contributed by atoms with Crippen LogP contribution in [0.4, 0.5) is 0 Å². The van der Waals surface area contributed by atoms with Crippen molar-refractivity contribution in [3.05, 3.63) is 0 Å². The second-order valence-electron chi connectivity index (χ2n) is 5.83. The number of hydrogen-bond acceptors (Lipinski definition) is 2. The molecule has 1 rings (SSSR count). The summed E-state index contributed by atoms with van der Waals surface area (Å²) in [5, 5.41) is 0. The Morgan fingerprint density at radius 3 is 2.25 bits per heavy atom. The molecular formula is C14H29NO. The monoisotopic (exact) mass is 227 g/mol. The van der Waals surface area contributed by atoms with Gasteiger partial charge in [0.25, 0.3) is 0 Å². The van der Waals surface area contributed by atoms with Crippen molar-refractivity contribution in [1.82, 2.24) is 4.90 Å². The van der Waals surface area contributed by atoms with Crippen LogP contribution in [0.5, 0.6) is 0 Å². The molecule has 1 heterocycles. The molecule has 2 heteroatoms. The zero-order valence-corrected chi connectivity index (χ0v) is 11.5. The molecule has 0 amide bonds. The lowest BCUT2D eigenvalue weighted by atomic mass is 9.89. The van der Waals surface area contributed by atoms with Gasteiger partial charge < -0.3 is 9.64 Å². The zero-order chi connectivity index (χ0) is 12.0. The van der Waals surface area contributed by atoms with Crippen molar-refractivity contribution in [2.24, 2.45) is 11.8 Å². The number of nitrogens with zero attached hydrogens (tertiary/aromatic N) is 1. The van der Waals surface area contributed by atoms with Crippen LogP contribution in [-0.2, 0) is 4.74 Å². The Kier molecular flexibility index (Phi) is 6.37. The molecule has 0 bridgehead atoms. The van der Waals surface area contributed by atoms with Gasteiger partial charge in [-0.05, 0) is 58.0 Å². The van der Waals surface area contributed by atoms with Crippen LogP contribution < -0.4 is 0 Å². The van der Waals surface area contributed by atoms with Gasteiger partial charge in [0.2, 0.25) is 0 Å². The zero-order valence-electron chi connectivity index (χ0n) is 11.5. The minimum Gasteiger partial charge on any atom is -0.377 e. The van der Waals surface area contributed by atoms with Gasteiger partial charge in [-0.15, -0.1) is 0 Å². The standard InChI is InChI=1S/C14H29NO/c1-12(2)11-14-5-7-15(8-6-14)9-10-16-13(3)4/h12-14H,5-11H2,1-4H3. The minimum absolute atomic E-state index is 0.374. The summed E-state index contributed by atoms with van der Waals surface area (Å²) < 4.78 is 5.59. The summed E-state index contributed by atoms with van der Waals surface area (Å²) in [7, 11) is 0. The van der Waals surface area contributed by atoms with Gasteiger partial charge in [-0.2, -0.15) is 0 Å². The van der Waals surface area contributed by atoms with Crippen LogP contribution in [0.3, 0.4) is 0 Å². The Bertz CT molecular complexity index is 172. The van der Waals surface area contributed by atoms with Gasteiger partial charge in [-0.1, -0.05) is 13.8 Å². The van der Waals surface area contributed by atoms with Crippen molar-refractivity contribution in [1.29, 1.82) is 0 Å².